The fourth-order valence-corrected chi connectivity index (χ4v) is 5.50. The Morgan fingerprint density at radius 2 is 0.821 bits per heavy atom. The molecule has 0 spiro atoms. The lowest BCUT2D eigenvalue weighted by Crippen LogP contribution is -2.34. The average molecular weight is 555 g/mol. The number of esters is 1. The molecule has 0 fully saturated rings. The normalized spacial score (nSPS) is 13.0. The molecule has 4 nitrogen and oxygen atoms in total. The van der Waals surface area contributed by atoms with Crippen molar-refractivity contribution in [1.29, 1.82) is 0 Å². The van der Waals surface area contributed by atoms with Crippen LogP contribution in [0, 0.1) is 0 Å². The summed E-state index contributed by atoms with van der Waals surface area (Å²) in [5, 5.41) is 19.5. The average Bonchev–Trinajstić information content (AvgIpc) is 2.94. The van der Waals surface area contributed by atoms with Crippen molar-refractivity contribution in [3.8, 4) is 0 Å². The first-order valence-electron chi connectivity index (χ1n) is 17.6. The Bertz CT molecular complexity index is 481. The number of carbonyl (C=O) groups excluding carboxylic acids is 1. The summed E-state index contributed by atoms with van der Waals surface area (Å²) < 4.78 is 5.57. The fraction of sp³-hybridized carbons (Fsp3) is 0.971. The van der Waals surface area contributed by atoms with Crippen molar-refractivity contribution >= 4 is 5.97 Å². The Kier molecular flexibility index (Phi) is 31.4. The number of ether oxygens (including phenoxy) is 1. The summed E-state index contributed by atoms with van der Waals surface area (Å²) in [6.45, 7) is 4.19. The molecule has 0 rings (SSSR count). The second kappa shape index (κ2) is 31.9. The summed E-state index contributed by atoms with van der Waals surface area (Å²) in [5.41, 5.74) is 0. The first kappa shape index (κ1) is 38.4. The molecule has 2 N–H and O–H groups in total. The van der Waals surface area contributed by atoms with Crippen molar-refractivity contribution in [3.05, 3.63) is 0 Å². The van der Waals surface area contributed by atoms with Gasteiger partial charge < -0.3 is 14.9 Å². The molecular formula is C35H70O4. The van der Waals surface area contributed by atoms with Crippen LogP contribution < -0.4 is 0 Å². The third-order valence-corrected chi connectivity index (χ3v) is 8.23. The second-order valence-corrected chi connectivity index (χ2v) is 12.2. The van der Waals surface area contributed by atoms with Crippen molar-refractivity contribution in [2.75, 3.05) is 6.61 Å². The van der Waals surface area contributed by atoms with E-state index in [0.717, 1.165) is 25.7 Å². The van der Waals surface area contributed by atoms with Crippen LogP contribution in [0.1, 0.15) is 200 Å². The smallest absolute Gasteiger partial charge is 0.306 e. The van der Waals surface area contributed by atoms with E-state index in [2.05, 4.69) is 13.8 Å². The third kappa shape index (κ3) is 28.7. The summed E-state index contributed by atoms with van der Waals surface area (Å²) in [7, 11) is 0. The van der Waals surface area contributed by atoms with Gasteiger partial charge >= 0.3 is 5.97 Å². The van der Waals surface area contributed by atoms with Gasteiger partial charge in [-0.25, -0.2) is 0 Å². The van der Waals surface area contributed by atoms with Crippen LogP contribution in [0.15, 0.2) is 0 Å². The molecule has 0 radical (unpaired) electrons. The van der Waals surface area contributed by atoms with E-state index in [9.17, 15) is 15.0 Å². The van der Waals surface area contributed by atoms with E-state index < -0.39 is 12.2 Å². The molecule has 4 heteroatoms. The third-order valence-electron chi connectivity index (χ3n) is 8.23. The highest BCUT2D eigenvalue weighted by atomic mass is 16.6. The largest absolute Gasteiger partial charge is 0.460 e. The Morgan fingerprint density at radius 1 is 0.513 bits per heavy atom. The molecule has 0 saturated carbocycles. The zero-order valence-electron chi connectivity index (χ0n) is 26.6. The van der Waals surface area contributed by atoms with Crippen LogP contribution in [0.4, 0.5) is 0 Å². The van der Waals surface area contributed by atoms with E-state index in [1.165, 1.54) is 148 Å². The summed E-state index contributed by atoms with van der Waals surface area (Å²) in [5.74, 6) is -0.221. The molecule has 0 amide bonds. The molecule has 0 aliphatic rings. The van der Waals surface area contributed by atoms with E-state index in [0.29, 0.717) is 12.8 Å². The van der Waals surface area contributed by atoms with Gasteiger partial charge in [0.15, 0.2) is 0 Å². The van der Waals surface area contributed by atoms with E-state index >= 15 is 0 Å². The molecule has 39 heavy (non-hydrogen) atoms. The van der Waals surface area contributed by atoms with Gasteiger partial charge in [0.2, 0.25) is 0 Å². The lowest BCUT2D eigenvalue weighted by molar-refractivity contribution is -0.157. The second-order valence-electron chi connectivity index (χ2n) is 12.2. The maximum atomic E-state index is 12.3. The molecule has 0 saturated heterocycles. The molecule has 0 aliphatic heterocycles. The van der Waals surface area contributed by atoms with Crippen LogP contribution in [-0.2, 0) is 9.53 Å². The maximum absolute atomic E-state index is 12.3. The van der Waals surface area contributed by atoms with Crippen LogP contribution in [0.5, 0.6) is 0 Å². The lowest BCUT2D eigenvalue weighted by atomic mass is 10.0. The van der Waals surface area contributed by atoms with E-state index in [-0.39, 0.29) is 12.6 Å². The minimum atomic E-state index is -0.970. The molecule has 0 aromatic rings. The molecular weight excluding hydrogens is 484 g/mol. The van der Waals surface area contributed by atoms with Gasteiger partial charge in [0.05, 0.1) is 6.61 Å². The first-order chi connectivity index (χ1) is 19.2. The van der Waals surface area contributed by atoms with E-state index in [4.69, 9.17) is 4.74 Å². The number of aliphatic hydroxyl groups excluding tert-OH is 2. The predicted molar refractivity (Wildman–Crippen MR) is 168 cm³/mol. The van der Waals surface area contributed by atoms with Gasteiger partial charge in [0, 0.05) is 6.42 Å². The van der Waals surface area contributed by atoms with E-state index in [1.807, 2.05) is 0 Å². The number of unbranched alkanes of at least 4 members (excludes halogenated alkanes) is 25. The summed E-state index contributed by atoms with van der Waals surface area (Å²) >= 11 is 0. The van der Waals surface area contributed by atoms with Crippen molar-refractivity contribution in [2.45, 2.75) is 212 Å². The maximum Gasteiger partial charge on any atom is 0.306 e. The Morgan fingerprint density at radius 3 is 1.15 bits per heavy atom. The summed E-state index contributed by atoms with van der Waals surface area (Å²) in [4.78, 5) is 12.3. The SMILES string of the molecule is CCCCCCCCCCCCCCCCC(OC(=O)CCCCCCCCCCCCCCC)C(O)CO. The zero-order valence-corrected chi connectivity index (χ0v) is 26.6. The Labute approximate surface area is 244 Å². The monoisotopic (exact) mass is 555 g/mol. The highest BCUT2D eigenvalue weighted by Gasteiger charge is 2.22. The molecule has 0 heterocycles. The van der Waals surface area contributed by atoms with Crippen molar-refractivity contribution in [2.24, 2.45) is 0 Å². The molecule has 0 aromatic carbocycles. The van der Waals surface area contributed by atoms with Gasteiger partial charge in [-0.15, -0.1) is 0 Å². The van der Waals surface area contributed by atoms with Gasteiger partial charge in [-0.3, -0.25) is 4.79 Å². The van der Waals surface area contributed by atoms with Crippen LogP contribution in [0.3, 0.4) is 0 Å². The van der Waals surface area contributed by atoms with Gasteiger partial charge in [-0.1, -0.05) is 174 Å². The number of carbonyl (C=O) groups is 1. The van der Waals surface area contributed by atoms with Gasteiger partial charge in [0.1, 0.15) is 12.2 Å². The van der Waals surface area contributed by atoms with Crippen molar-refractivity contribution < 1.29 is 19.7 Å². The summed E-state index contributed by atoms with van der Waals surface area (Å²) in [6, 6.07) is 0. The lowest BCUT2D eigenvalue weighted by Gasteiger charge is -2.22. The highest BCUT2D eigenvalue weighted by molar-refractivity contribution is 5.69. The molecule has 2 unspecified atom stereocenters. The van der Waals surface area contributed by atoms with E-state index in [1.54, 1.807) is 0 Å². The summed E-state index contributed by atoms with van der Waals surface area (Å²) in [6.07, 6.45) is 34.5. The van der Waals surface area contributed by atoms with Crippen LogP contribution >= 0.6 is 0 Å². The predicted octanol–water partition coefficient (Wildman–Crippen LogP) is 10.6. The fourth-order valence-electron chi connectivity index (χ4n) is 5.50. The molecule has 0 bridgehead atoms. The molecule has 0 aromatic heterocycles. The van der Waals surface area contributed by atoms with Crippen molar-refractivity contribution in [1.82, 2.24) is 0 Å². The molecule has 0 aliphatic carbocycles. The standard InChI is InChI=1S/C35H70O4/c1-3-5-7-9-11-13-15-17-19-20-22-24-26-28-30-34(33(37)32-36)39-35(38)31-29-27-25-23-21-18-16-14-12-10-8-6-4-2/h33-34,36-37H,3-32H2,1-2H3. The minimum Gasteiger partial charge on any atom is -0.460 e. The number of aliphatic hydroxyl groups is 2. The van der Waals surface area contributed by atoms with Gasteiger partial charge in [0.25, 0.3) is 0 Å². The molecule has 2 atom stereocenters. The Hall–Kier alpha value is -0.610. The van der Waals surface area contributed by atoms with Crippen molar-refractivity contribution in [3.63, 3.8) is 0 Å². The Balaban J connectivity index is 3.65. The van der Waals surface area contributed by atoms with Gasteiger partial charge in [-0.05, 0) is 19.3 Å². The number of hydrogen-bond donors (Lipinski definition) is 2. The van der Waals surface area contributed by atoms with Crippen LogP contribution in [-0.4, -0.2) is 35.0 Å². The number of rotatable bonds is 32. The highest BCUT2D eigenvalue weighted by Crippen LogP contribution is 2.17. The molecule has 234 valence electrons. The van der Waals surface area contributed by atoms with Crippen LogP contribution in [0.2, 0.25) is 0 Å². The minimum absolute atomic E-state index is 0.221. The first-order valence-corrected chi connectivity index (χ1v) is 17.6. The van der Waals surface area contributed by atoms with Gasteiger partial charge in [-0.2, -0.15) is 0 Å². The van der Waals surface area contributed by atoms with Crippen LogP contribution in [0.25, 0.3) is 0 Å². The quantitative estimate of drug-likeness (QED) is 0.0641. The zero-order chi connectivity index (χ0) is 28.7. The number of hydrogen-bond acceptors (Lipinski definition) is 4. The topological polar surface area (TPSA) is 66.8 Å².